The zero-order valence-electron chi connectivity index (χ0n) is 16.0. The number of nitrogens with zero attached hydrogens (tertiary/aromatic N) is 2. The van der Waals surface area contributed by atoms with E-state index in [4.69, 9.17) is 0 Å². The van der Waals surface area contributed by atoms with Crippen molar-refractivity contribution in [1.82, 2.24) is 15.2 Å². The molecule has 0 spiro atoms. The third kappa shape index (κ3) is 5.37. The first kappa shape index (κ1) is 20.0. The molecule has 144 valence electrons. The Kier molecular flexibility index (Phi) is 7.38. The molecule has 1 aromatic carbocycles. The van der Waals surface area contributed by atoms with Crippen LogP contribution < -0.4 is 5.32 Å². The minimum absolute atomic E-state index is 0.128. The Morgan fingerprint density at radius 2 is 2.04 bits per heavy atom. The first-order chi connectivity index (χ1) is 13.2. The van der Waals surface area contributed by atoms with Gasteiger partial charge in [-0.25, -0.2) is 4.98 Å². The second-order valence-electron chi connectivity index (χ2n) is 6.53. The van der Waals surface area contributed by atoms with Gasteiger partial charge in [0.25, 0.3) is 0 Å². The second kappa shape index (κ2) is 9.97. The highest BCUT2D eigenvalue weighted by molar-refractivity contribution is 7.18. The van der Waals surface area contributed by atoms with Crippen LogP contribution in [-0.4, -0.2) is 35.4 Å². The molecular formula is C21H27N3OS2. The van der Waals surface area contributed by atoms with Crippen molar-refractivity contribution < 1.29 is 4.79 Å². The minimum atomic E-state index is 0.128. The Bertz CT molecular complexity index is 807. The SMILES string of the molecule is CCN(CC)C(CNC(=O)CCCc1nc2ccccc2s1)c1ccsc1. The Labute approximate surface area is 169 Å². The molecule has 4 nitrogen and oxygen atoms in total. The van der Waals surface area contributed by atoms with E-state index < -0.39 is 0 Å². The number of carbonyl (C=O) groups excluding carboxylic acids is 1. The lowest BCUT2D eigenvalue weighted by atomic mass is 10.1. The van der Waals surface area contributed by atoms with Crippen molar-refractivity contribution in [3.05, 3.63) is 51.7 Å². The van der Waals surface area contributed by atoms with Crippen LogP contribution in [0.1, 0.15) is 43.3 Å². The maximum atomic E-state index is 12.3. The van der Waals surface area contributed by atoms with E-state index in [2.05, 4.69) is 51.9 Å². The van der Waals surface area contributed by atoms with Crippen LogP contribution in [0.2, 0.25) is 0 Å². The molecule has 3 aromatic rings. The third-order valence-electron chi connectivity index (χ3n) is 4.81. The maximum absolute atomic E-state index is 12.3. The number of thiazole rings is 1. The van der Waals surface area contributed by atoms with Gasteiger partial charge in [-0.1, -0.05) is 26.0 Å². The lowest BCUT2D eigenvalue weighted by Crippen LogP contribution is -2.37. The molecule has 1 N–H and O–H groups in total. The number of aromatic nitrogens is 1. The summed E-state index contributed by atoms with van der Waals surface area (Å²) in [6, 6.07) is 10.6. The Hall–Kier alpha value is -1.76. The average molecular weight is 402 g/mol. The van der Waals surface area contributed by atoms with E-state index in [1.54, 1.807) is 22.7 Å². The Morgan fingerprint density at radius 3 is 2.74 bits per heavy atom. The highest BCUT2D eigenvalue weighted by Gasteiger charge is 2.19. The number of para-hydroxylation sites is 1. The molecule has 27 heavy (non-hydrogen) atoms. The van der Waals surface area contributed by atoms with Crippen molar-refractivity contribution in [2.45, 2.75) is 39.2 Å². The molecule has 0 saturated heterocycles. The number of hydrogen-bond donors (Lipinski definition) is 1. The summed E-state index contributed by atoms with van der Waals surface area (Å²) in [5.74, 6) is 0.128. The van der Waals surface area contributed by atoms with E-state index in [1.165, 1.54) is 10.3 Å². The molecule has 3 rings (SSSR count). The van der Waals surface area contributed by atoms with E-state index in [1.807, 2.05) is 18.2 Å². The van der Waals surface area contributed by atoms with E-state index >= 15 is 0 Å². The number of likely N-dealkylation sites (N-methyl/N-ethyl adjacent to an activating group) is 1. The molecule has 2 heterocycles. The fourth-order valence-corrected chi connectivity index (χ4v) is 5.03. The number of nitrogens with one attached hydrogen (secondary N) is 1. The largest absolute Gasteiger partial charge is 0.354 e. The van der Waals surface area contributed by atoms with Gasteiger partial charge in [-0.15, -0.1) is 11.3 Å². The molecule has 0 aliphatic carbocycles. The van der Waals surface area contributed by atoms with Gasteiger partial charge in [-0.05, 0) is 60.5 Å². The molecule has 6 heteroatoms. The predicted molar refractivity (Wildman–Crippen MR) is 116 cm³/mol. The molecule has 0 aliphatic heterocycles. The summed E-state index contributed by atoms with van der Waals surface area (Å²) in [7, 11) is 0. The summed E-state index contributed by atoms with van der Waals surface area (Å²) in [5.41, 5.74) is 2.35. The standard InChI is InChI=1S/C21H27N3OS2/c1-3-24(4-2)18(16-12-13-26-15-16)14-22-20(25)10-7-11-21-23-17-8-5-6-9-19(17)27-21/h5-6,8-9,12-13,15,18H,3-4,7,10-11,14H2,1-2H3,(H,22,25). The monoisotopic (exact) mass is 401 g/mol. The number of rotatable bonds is 10. The quantitative estimate of drug-likeness (QED) is 0.527. The van der Waals surface area contributed by atoms with Crippen molar-refractivity contribution in [3.63, 3.8) is 0 Å². The molecule has 0 bridgehead atoms. The van der Waals surface area contributed by atoms with E-state index in [0.29, 0.717) is 13.0 Å². The van der Waals surface area contributed by atoms with Crippen LogP contribution in [0.25, 0.3) is 10.2 Å². The van der Waals surface area contributed by atoms with Gasteiger partial charge in [-0.2, -0.15) is 11.3 Å². The lowest BCUT2D eigenvalue weighted by Gasteiger charge is -2.29. The summed E-state index contributed by atoms with van der Waals surface area (Å²) < 4.78 is 1.22. The lowest BCUT2D eigenvalue weighted by molar-refractivity contribution is -0.121. The fraction of sp³-hybridized carbons (Fsp3) is 0.429. The second-order valence-corrected chi connectivity index (χ2v) is 8.42. The number of carbonyl (C=O) groups is 1. The van der Waals surface area contributed by atoms with E-state index in [9.17, 15) is 4.79 Å². The number of hydrogen-bond acceptors (Lipinski definition) is 5. The van der Waals surface area contributed by atoms with Crippen LogP contribution in [0.3, 0.4) is 0 Å². The Balaban J connectivity index is 1.47. The molecule has 0 saturated carbocycles. The van der Waals surface area contributed by atoms with Crippen LogP contribution in [0, 0.1) is 0 Å². The van der Waals surface area contributed by atoms with Gasteiger partial charge in [0.15, 0.2) is 0 Å². The smallest absolute Gasteiger partial charge is 0.220 e. The number of aryl methyl sites for hydroxylation is 1. The predicted octanol–water partition coefficient (Wildman–Crippen LogP) is 4.88. The summed E-state index contributed by atoms with van der Waals surface area (Å²) in [5, 5.41) is 8.54. The van der Waals surface area contributed by atoms with Gasteiger partial charge in [0, 0.05) is 13.0 Å². The molecule has 1 amide bonds. The van der Waals surface area contributed by atoms with Crippen LogP contribution in [0.15, 0.2) is 41.1 Å². The van der Waals surface area contributed by atoms with Gasteiger partial charge >= 0.3 is 0 Å². The molecular weight excluding hydrogens is 374 g/mol. The summed E-state index contributed by atoms with van der Waals surface area (Å²) >= 11 is 3.44. The summed E-state index contributed by atoms with van der Waals surface area (Å²) in [6.45, 7) is 6.96. The highest BCUT2D eigenvalue weighted by atomic mass is 32.1. The van der Waals surface area contributed by atoms with E-state index in [0.717, 1.165) is 36.5 Å². The first-order valence-electron chi connectivity index (χ1n) is 9.58. The van der Waals surface area contributed by atoms with Crippen LogP contribution in [0.4, 0.5) is 0 Å². The molecule has 0 radical (unpaired) electrons. The average Bonchev–Trinajstić information content (AvgIpc) is 3.34. The van der Waals surface area contributed by atoms with Crippen molar-refractivity contribution in [2.75, 3.05) is 19.6 Å². The van der Waals surface area contributed by atoms with Crippen molar-refractivity contribution in [2.24, 2.45) is 0 Å². The minimum Gasteiger partial charge on any atom is -0.354 e. The van der Waals surface area contributed by atoms with E-state index in [-0.39, 0.29) is 11.9 Å². The van der Waals surface area contributed by atoms with Gasteiger partial charge in [0.05, 0.1) is 21.3 Å². The molecule has 0 aliphatic rings. The van der Waals surface area contributed by atoms with Gasteiger partial charge in [0.2, 0.25) is 5.91 Å². The maximum Gasteiger partial charge on any atom is 0.220 e. The number of benzene rings is 1. The number of thiophene rings is 1. The van der Waals surface area contributed by atoms with Crippen molar-refractivity contribution >= 4 is 38.8 Å². The fourth-order valence-electron chi connectivity index (χ4n) is 3.31. The van der Waals surface area contributed by atoms with Crippen molar-refractivity contribution in [3.8, 4) is 0 Å². The van der Waals surface area contributed by atoms with Crippen LogP contribution >= 0.6 is 22.7 Å². The molecule has 1 atom stereocenters. The zero-order chi connectivity index (χ0) is 19.1. The number of amides is 1. The summed E-state index contributed by atoms with van der Waals surface area (Å²) in [6.07, 6.45) is 2.24. The zero-order valence-corrected chi connectivity index (χ0v) is 17.6. The highest BCUT2D eigenvalue weighted by Crippen LogP contribution is 2.23. The molecule has 1 unspecified atom stereocenters. The first-order valence-corrected chi connectivity index (χ1v) is 11.3. The van der Waals surface area contributed by atoms with Gasteiger partial charge in [-0.3, -0.25) is 9.69 Å². The summed E-state index contributed by atoms with van der Waals surface area (Å²) in [4.78, 5) is 19.4. The topological polar surface area (TPSA) is 45.2 Å². The Morgan fingerprint density at radius 1 is 1.22 bits per heavy atom. The van der Waals surface area contributed by atoms with Crippen molar-refractivity contribution in [1.29, 1.82) is 0 Å². The van der Waals surface area contributed by atoms with Crippen LogP contribution in [0.5, 0.6) is 0 Å². The van der Waals surface area contributed by atoms with Crippen LogP contribution in [-0.2, 0) is 11.2 Å². The van der Waals surface area contributed by atoms with Gasteiger partial charge in [0.1, 0.15) is 0 Å². The van der Waals surface area contributed by atoms with Gasteiger partial charge < -0.3 is 5.32 Å². The third-order valence-corrected chi connectivity index (χ3v) is 6.60. The molecule has 0 fully saturated rings. The number of fused-ring (bicyclic) bond motifs is 1. The normalized spacial score (nSPS) is 12.6. The molecule has 2 aromatic heterocycles.